The zero-order valence-corrected chi connectivity index (χ0v) is 16.6. The Balaban J connectivity index is 1.69. The Hall–Kier alpha value is -3.06. The monoisotopic (exact) mass is 396 g/mol. The van der Waals surface area contributed by atoms with Crippen molar-refractivity contribution < 1.29 is 9.18 Å². The number of nitrogens with one attached hydrogen (secondary N) is 2. The number of aromatic amines is 1. The molecule has 0 saturated carbocycles. The summed E-state index contributed by atoms with van der Waals surface area (Å²) < 4.78 is 13.7. The molecule has 0 aliphatic carbocycles. The first kappa shape index (κ1) is 20.7. The maximum Gasteiger partial charge on any atom is 0.258 e. The van der Waals surface area contributed by atoms with E-state index in [1.54, 1.807) is 24.3 Å². The summed E-state index contributed by atoms with van der Waals surface area (Å²) in [6, 6.07) is 13.5. The highest BCUT2D eigenvalue weighted by Crippen LogP contribution is 2.14. The number of nitrogens with zero attached hydrogens (tertiary/aromatic N) is 2. The predicted octanol–water partition coefficient (Wildman–Crippen LogP) is 3.69. The minimum atomic E-state index is -0.461. The van der Waals surface area contributed by atoms with Crippen molar-refractivity contribution in [3.05, 3.63) is 70.5 Å². The molecule has 152 valence electrons. The summed E-state index contributed by atoms with van der Waals surface area (Å²) in [5.74, 6) is -0.163. The van der Waals surface area contributed by atoms with Crippen molar-refractivity contribution in [2.75, 3.05) is 11.9 Å². The van der Waals surface area contributed by atoms with Crippen LogP contribution in [0.4, 0.5) is 10.1 Å². The summed E-state index contributed by atoms with van der Waals surface area (Å²) in [7, 11) is 0. The summed E-state index contributed by atoms with van der Waals surface area (Å²) in [5, 5.41) is 3.16. The molecule has 0 radical (unpaired) electrons. The lowest BCUT2D eigenvalue weighted by Crippen LogP contribution is -2.36. The minimum Gasteiger partial charge on any atom is -0.324 e. The van der Waals surface area contributed by atoms with Crippen LogP contribution in [-0.2, 0) is 11.3 Å². The number of carbonyl (C=O) groups is 1. The van der Waals surface area contributed by atoms with Gasteiger partial charge in [0.05, 0.1) is 23.1 Å². The fraction of sp³-hybridized carbons (Fsp3) is 0.318. The second kappa shape index (κ2) is 9.43. The van der Waals surface area contributed by atoms with E-state index in [2.05, 4.69) is 34.0 Å². The number of rotatable bonds is 8. The summed E-state index contributed by atoms with van der Waals surface area (Å²) in [6.07, 6.45) is 1.09. The molecule has 29 heavy (non-hydrogen) atoms. The van der Waals surface area contributed by atoms with Crippen LogP contribution in [0.1, 0.15) is 32.5 Å². The van der Waals surface area contributed by atoms with Gasteiger partial charge in [-0.05, 0) is 37.6 Å². The summed E-state index contributed by atoms with van der Waals surface area (Å²) in [6.45, 7) is 5.01. The van der Waals surface area contributed by atoms with Crippen molar-refractivity contribution >= 4 is 22.5 Å². The van der Waals surface area contributed by atoms with Crippen molar-refractivity contribution in [3.8, 4) is 0 Å². The van der Waals surface area contributed by atoms with E-state index in [0.717, 1.165) is 6.42 Å². The quantitative estimate of drug-likeness (QED) is 0.609. The Bertz CT molecular complexity index is 1050. The molecule has 7 heteroatoms. The lowest BCUT2D eigenvalue weighted by atomic mass is 10.2. The number of aromatic nitrogens is 2. The molecular formula is C22H25FN4O2. The van der Waals surface area contributed by atoms with Gasteiger partial charge in [0.15, 0.2) is 0 Å². The van der Waals surface area contributed by atoms with E-state index in [4.69, 9.17) is 0 Å². The Kier molecular flexibility index (Phi) is 6.72. The van der Waals surface area contributed by atoms with Crippen LogP contribution < -0.4 is 10.9 Å². The van der Waals surface area contributed by atoms with Crippen molar-refractivity contribution in [3.63, 3.8) is 0 Å². The second-order valence-corrected chi connectivity index (χ2v) is 7.04. The molecule has 1 amide bonds. The number of benzene rings is 2. The molecule has 0 fully saturated rings. The van der Waals surface area contributed by atoms with E-state index in [0.29, 0.717) is 29.8 Å². The van der Waals surface area contributed by atoms with E-state index < -0.39 is 5.82 Å². The molecule has 2 N–H and O–H groups in total. The van der Waals surface area contributed by atoms with Crippen LogP contribution in [0, 0.1) is 5.82 Å². The van der Waals surface area contributed by atoms with E-state index in [1.165, 1.54) is 12.1 Å². The van der Waals surface area contributed by atoms with Gasteiger partial charge in [-0.3, -0.25) is 14.5 Å². The van der Waals surface area contributed by atoms with Gasteiger partial charge in [0.25, 0.3) is 5.56 Å². The molecule has 1 atom stereocenters. The average molecular weight is 396 g/mol. The maximum atomic E-state index is 13.7. The number of fused-ring (bicyclic) bond motifs is 1. The number of amides is 1. The maximum absolute atomic E-state index is 13.7. The van der Waals surface area contributed by atoms with E-state index in [9.17, 15) is 14.0 Å². The number of H-pyrrole nitrogens is 1. The first-order valence-electron chi connectivity index (χ1n) is 9.74. The smallest absolute Gasteiger partial charge is 0.258 e. The van der Waals surface area contributed by atoms with Crippen molar-refractivity contribution in [2.24, 2.45) is 0 Å². The lowest BCUT2D eigenvalue weighted by Gasteiger charge is -2.27. The first-order chi connectivity index (χ1) is 14.0. The van der Waals surface area contributed by atoms with Crippen LogP contribution in [0.2, 0.25) is 0 Å². The van der Waals surface area contributed by atoms with Crippen molar-refractivity contribution in [2.45, 2.75) is 39.3 Å². The minimum absolute atomic E-state index is 0.174. The Labute approximate surface area is 168 Å². The molecule has 0 bridgehead atoms. The SMILES string of the molecule is CCC(C)N(CCC(=O)Nc1ccccc1F)Cc1nc2ccccc2c(=O)[nH]1. The fourth-order valence-electron chi connectivity index (χ4n) is 3.14. The van der Waals surface area contributed by atoms with E-state index in [-0.39, 0.29) is 29.6 Å². The zero-order valence-electron chi connectivity index (χ0n) is 16.6. The van der Waals surface area contributed by atoms with Crippen LogP contribution in [0.25, 0.3) is 10.9 Å². The summed E-state index contributed by atoms with van der Waals surface area (Å²) >= 11 is 0. The number of hydrogen-bond donors (Lipinski definition) is 2. The van der Waals surface area contributed by atoms with Gasteiger partial charge in [0.2, 0.25) is 5.91 Å². The highest BCUT2D eigenvalue weighted by molar-refractivity contribution is 5.90. The zero-order chi connectivity index (χ0) is 20.8. The topological polar surface area (TPSA) is 78.1 Å². The molecule has 3 rings (SSSR count). The number of para-hydroxylation sites is 2. The highest BCUT2D eigenvalue weighted by atomic mass is 19.1. The number of halogens is 1. The highest BCUT2D eigenvalue weighted by Gasteiger charge is 2.17. The third-order valence-corrected chi connectivity index (χ3v) is 5.00. The fourth-order valence-corrected chi connectivity index (χ4v) is 3.14. The number of anilines is 1. The molecule has 0 saturated heterocycles. The van der Waals surface area contributed by atoms with Crippen LogP contribution in [-0.4, -0.2) is 33.4 Å². The summed E-state index contributed by atoms with van der Waals surface area (Å²) in [4.78, 5) is 34.1. The molecule has 1 aromatic heterocycles. The van der Waals surface area contributed by atoms with Crippen molar-refractivity contribution in [1.29, 1.82) is 0 Å². The molecule has 0 aliphatic rings. The first-order valence-corrected chi connectivity index (χ1v) is 9.74. The van der Waals surface area contributed by atoms with Crippen LogP contribution in [0.5, 0.6) is 0 Å². The molecule has 6 nitrogen and oxygen atoms in total. The Morgan fingerprint density at radius 1 is 1.21 bits per heavy atom. The van der Waals surface area contributed by atoms with Gasteiger partial charge in [0.1, 0.15) is 11.6 Å². The van der Waals surface area contributed by atoms with Gasteiger partial charge in [0, 0.05) is 19.0 Å². The van der Waals surface area contributed by atoms with E-state index >= 15 is 0 Å². The predicted molar refractivity (Wildman–Crippen MR) is 112 cm³/mol. The van der Waals surface area contributed by atoms with Gasteiger partial charge >= 0.3 is 0 Å². The molecule has 0 aliphatic heterocycles. The largest absolute Gasteiger partial charge is 0.324 e. The molecule has 2 aromatic carbocycles. The molecule has 0 spiro atoms. The third kappa shape index (κ3) is 5.26. The number of hydrogen-bond acceptors (Lipinski definition) is 4. The molecule has 1 heterocycles. The molecule has 1 unspecified atom stereocenters. The van der Waals surface area contributed by atoms with Crippen LogP contribution in [0.15, 0.2) is 53.3 Å². The van der Waals surface area contributed by atoms with Crippen molar-refractivity contribution in [1.82, 2.24) is 14.9 Å². The summed E-state index contributed by atoms with van der Waals surface area (Å²) in [5.41, 5.74) is 0.646. The van der Waals surface area contributed by atoms with Gasteiger partial charge < -0.3 is 10.3 Å². The Morgan fingerprint density at radius 3 is 2.69 bits per heavy atom. The van der Waals surface area contributed by atoms with E-state index in [1.807, 2.05) is 12.1 Å². The van der Waals surface area contributed by atoms with Gasteiger partial charge in [-0.2, -0.15) is 0 Å². The number of carbonyl (C=O) groups excluding carboxylic acids is 1. The van der Waals surface area contributed by atoms with Crippen LogP contribution >= 0.6 is 0 Å². The second-order valence-electron chi connectivity index (χ2n) is 7.04. The average Bonchev–Trinajstić information content (AvgIpc) is 2.72. The lowest BCUT2D eigenvalue weighted by molar-refractivity contribution is -0.116. The molecular weight excluding hydrogens is 371 g/mol. The normalized spacial score (nSPS) is 12.3. The van der Waals surface area contributed by atoms with Gasteiger partial charge in [-0.15, -0.1) is 0 Å². The standard InChI is InChI=1S/C22H25FN4O2/c1-3-15(2)27(13-12-21(28)25-19-11-7-5-9-17(19)23)14-20-24-18-10-6-4-8-16(18)22(29)26-20/h4-11,15H,3,12-14H2,1-2H3,(H,25,28)(H,24,26,29). The molecule has 3 aromatic rings. The third-order valence-electron chi connectivity index (χ3n) is 5.00. The van der Waals surface area contributed by atoms with Crippen LogP contribution in [0.3, 0.4) is 0 Å². The van der Waals surface area contributed by atoms with Gasteiger partial charge in [-0.25, -0.2) is 9.37 Å². The van der Waals surface area contributed by atoms with Gasteiger partial charge in [-0.1, -0.05) is 31.2 Å². The Morgan fingerprint density at radius 2 is 1.93 bits per heavy atom.